The molecule has 0 heterocycles. The fourth-order valence-electron chi connectivity index (χ4n) is 3.36. The molecule has 0 bridgehead atoms. The van der Waals surface area contributed by atoms with Gasteiger partial charge in [-0.2, -0.15) is 11.8 Å². The highest BCUT2D eigenvalue weighted by atomic mass is 35.5. The van der Waals surface area contributed by atoms with Gasteiger partial charge in [0.2, 0.25) is 11.8 Å². The average molecular weight is 566 g/mol. The second-order valence-corrected chi connectivity index (χ2v) is 9.15. The minimum atomic E-state index is -1.02. The Morgan fingerprint density at radius 3 is 2.05 bits per heavy atom. The van der Waals surface area contributed by atoms with Crippen LogP contribution in [0.5, 0.6) is 0 Å². The molecular formula is C27H36ClN3O6S. The molecule has 2 aromatic rings. The number of thioether (sulfide) groups is 1. The smallest absolute Gasteiger partial charge is 0.333 e. The van der Waals surface area contributed by atoms with Crippen LogP contribution in [0.2, 0.25) is 0 Å². The predicted molar refractivity (Wildman–Crippen MR) is 150 cm³/mol. The Morgan fingerprint density at radius 1 is 0.868 bits per heavy atom. The van der Waals surface area contributed by atoms with E-state index in [1.807, 2.05) is 30.3 Å². The fraction of sp³-hybridized carbons (Fsp3) is 0.407. The van der Waals surface area contributed by atoms with E-state index in [9.17, 15) is 19.2 Å². The van der Waals surface area contributed by atoms with E-state index in [0.29, 0.717) is 11.3 Å². The van der Waals surface area contributed by atoms with Crippen LogP contribution < -0.4 is 16.4 Å². The highest BCUT2D eigenvalue weighted by molar-refractivity contribution is 7.98. The first-order valence-electron chi connectivity index (χ1n) is 12.2. The van der Waals surface area contributed by atoms with E-state index < -0.39 is 41.9 Å². The molecule has 3 atom stereocenters. The van der Waals surface area contributed by atoms with Gasteiger partial charge in [0.1, 0.15) is 12.1 Å². The second kappa shape index (κ2) is 18.2. The highest BCUT2D eigenvalue weighted by Crippen LogP contribution is 2.17. The molecule has 0 radical (unpaired) electrons. The molecule has 4 N–H and O–H groups in total. The van der Waals surface area contributed by atoms with E-state index in [1.54, 1.807) is 44.2 Å². The van der Waals surface area contributed by atoms with Crippen molar-refractivity contribution in [2.75, 3.05) is 19.0 Å². The molecule has 0 unspecified atom stereocenters. The zero-order chi connectivity index (χ0) is 27.0. The number of ether oxygens (including phenoxy) is 2. The molecular weight excluding hydrogens is 530 g/mol. The van der Waals surface area contributed by atoms with Crippen LogP contribution in [-0.2, 0) is 34.4 Å². The monoisotopic (exact) mass is 565 g/mol. The quantitative estimate of drug-likeness (QED) is 0.280. The van der Waals surface area contributed by atoms with Crippen LogP contribution >= 0.6 is 24.2 Å². The van der Waals surface area contributed by atoms with Gasteiger partial charge in [0.15, 0.2) is 6.04 Å². The molecule has 11 heteroatoms. The van der Waals surface area contributed by atoms with Crippen LogP contribution in [0.15, 0.2) is 60.7 Å². The van der Waals surface area contributed by atoms with Gasteiger partial charge in [-0.1, -0.05) is 60.7 Å². The predicted octanol–water partition coefficient (Wildman–Crippen LogP) is 2.92. The van der Waals surface area contributed by atoms with E-state index >= 15 is 0 Å². The molecule has 208 valence electrons. The minimum Gasteiger partial charge on any atom is -0.465 e. The Hall–Kier alpha value is -3.08. The number of hydrogen-bond acceptors (Lipinski definition) is 8. The van der Waals surface area contributed by atoms with Gasteiger partial charge in [-0.3, -0.25) is 14.4 Å². The molecule has 0 aliphatic carbocycles. The first kappa shape index (κ1) is 32.9. The molecule has 0 spiro atoms. The van der Waals surface area contributed by atoms with Crippen molar-refractivity contribution < 1.29 is 28.7 Å². The number of benzene rings is 2. The van der Waals surface area contributed by atoms with Gasteiger partial charge in [-0.15, -0.1) is 12.4 Å². The standard InChI is InChI=1S/C27H35N3O6S.ClH/c1-3-35-26(33)21(28)15-16-23(31)29-22(18-37-17-19-11-7-5-8-12-19)25(32)30-24(27(34)36-4-2)20-13-9-6-10-14-20;/h5-14,21-22,24H,3-4,15-18,28H2,1-2H3,(H,29,31)(H,30,32);1H/t21-,22-,24+;/m0./s1. The van der Waals surface area contributed by atoms with Crippen molar-refractivity contribution in [2.45, 2.75) is 50.6 Å². The summed E-state index contributed by atoms with van der Waals surface area (Å²) in [5, 5.41) is 5.46. The van der Waals surface area contributed by atoms with Crippen LogP contribution in [-0.4, -0.2) is 54.8 Å². The summed E-state index contributed by atoms with van der Waals surface area (Å²) in [6.45, 7) is 3.72. The third-order valence-corrected chi connectivity index (χ3v) is 6.37. The van der Waals surface area contributed by atoms with E-state index in [0.717, 1.165) is 5.56 Å². The largest absolute Gasteiger partial charge is 0.465 e. The molecule has 0 aliphatic heterocycles. The van der Waals surface area contributed by atoms with E-state index in [1.165, 1.54) is 11.8 Å². The van der Waals surface area contributed by atoms with Crippen LogP contribution in [0.3, 0.4) is 0 Å². The van der Waals surface area contributed by atoms with Gasteiger partial charge < -0.3 is 25.8 Å². The first-order chi connectivity index (χ1) is 17.8. The number of nitrogens with two attached hydrogens (primary N) is 1. The number of carbonyl (C=O) groups is 4. The number of esters is 2. The molecule has 2 rings (SSSR count). The lowest BCUT2D eigenvalue weighted by Crippen LogP contribution is -2.50. The molecule has 2 aromatic carbocycles. The van der Waals surface area contributed by atoms with Crippen molar-refractivity contribution in [3.8, 4) is 0 Å². The van der Waals surface area contributed by atoms with Crippen LogP contribution in [0, 0.1) is 0 Å². The third-order valence-electron chi connectivity index (χ3n) is 5.26. The summed E-state index contributed by atoms with van der Waals surface area (Å²) in [6.07, 6.45) is 0.0126. The van der Waals surface area contributed by atoms with Crippen molar-refractivity contribution in [3.63, 3.8) is 0 Å². The molecule has 38 heavy (non-hydrogen) atoms. The SMILES string of the molecule is CCOC(=O)[C@@H](N)CCC(=O)N[C@@H](CSCc1ccccc1)C(=O)N[C@@H](C(=O)OCC)c1ccccc1.Cl. The zero-order valence-electron chi connectivity index (χ0n) is 21.6. The van der Waals surface area contributed by atoms with Crippen molar-refractivity contribution in [3.05, 3.63) is 71.8 Å². The van der Waals surface area contributed by atoms with Gasteiger partial charge in [-0.25, -0.2) is 4.79 Å². The number of rotatable bonds is 15. The first-order valence-corrected chi connectivity index (χ1v) is 13.4. The van der Waals surface area contributed by atoms with E-state index in [4.69, 9.17) is 15.2 Å². The number of amides is 2. The molecule has 0 saturated heterocycles. The lowest BCUT2D eigenvalue weighted by molar-refractivity contribution is -0.147. The highest BCUT2D eigenvalue weighted by Gasteiger charge is 2.29. The van der Waals surface area contributed by atoms with Crippen LogP contribution in [0.25, 0.3) is 0 Å². The molecule has 0 fully saturated rings. The van der Waals surface area contributed by atoms with Gasteiger partial charge in [0.25, 0.3) is 0 Å². The maximum Gasteiger partial charge on any atom is 0.333 e. The lowest BCUT2D eigenvalue weighted by Gasteiger charge is -2.23. The van der Waals surface area contributed by atoms with Crippen LogP contribution in [0.4, 0.5) is 0 Å². The summed E-state index contributed by atoms with van der Waals surface area (Å²) in [5.74, 6) is -1.24. The van der Waals surface area contributed by atoms with Gasteiger partial charge in [0, 0.05) is 17.9 Å². The Bertz CT molecular complexity index is 1010. The Kier molecular flexibility index (Phi) is 15.8. The Morgan fingerprint density at radius 2 is 1.45 bits per heavy atom. The zero-order valence-corrected chi connectivity index (χ0v) is 23.2. The topological polar surface area (TPSA) is 137 Å². The summed E-state index contributed by atoms with van der Waals surface area (Å²) in [4.78, 5) is 50.3. The summed E-state index contributed by atoms with van der Waals surface area (Å²) in [6, 6.07) is 15.6. The summed E-state index contributed by atoms with van der Waals surface area (Å²) < 4.78 is 10.0. The Labute approximate surface area is 234 Å². The number of nitrogens with one attached hydrogen (secondary N) is 2. The second-order valence-electron chi connectivity index (χ2n) is 8.12. The minimum absolute atomic E-state index is 0. The van der Waals surface area contributed by atoms with Crippen molar-refractivity contribution >= 4 is 47.9 Å². The molecule has 0 aromatic heterocycles. The van der Waals surface area contributed by atoms with E-state index in [2.05, 4.69) is 10.6 Å². The van der Waals surface area contributed by atoms with Gasteiger partial charge >= 0.3 is 11.9 Å². The van der Waals surface area contributed by atoms with Gasteiger partial charge in [0.05, 0.1) is 13.2 Å². The van der Waals surface area contributed by atoms with E-state index in [-0.39, 0.29) is 44.2 Å². The summed E-state index contributed by atoms with van der Waals surface area (Å²) in [7, 11) is 0. The molecule has 2 amide bonds. The van der Waals surface area contributed by atoms with Crippen molar-refractivity contribution in [2.24, 2.45) is 5.73 Å². The van der Waals surface area contributed by atoms with Crippen molar-refractivity contribution in [1.29, 1.82) is 0 Å². The fourth-order valence-corrected chi connectivity index (χ4v) is 4.38. The maximum atomic E-state index is 13.3. The number of halogens is 1. The lowest BCUT2D eigenvalue weighted by atomic mass is 10.1. The summed E-state index contributed by atoms with van der Waals surface area (Å²) in [5.41, 5.74) is 7.43. The maximum absolute atomic E-state index is 13.3. The third kappa shape index (κ3) is 11.5. The van der Waals surface area contributed by atoms with Crippen LogP contribution in [0.1, 0.15) is 43.9 Å². The van der Waals surface area contributed by atoms with Crippen molar-refractivity contribution in [1.82, 2.24) is 10.6 Å². The average Bonchev–Trinajstić information content (AvgIpc) is 2.91. The normalized spacial score (nSPS) is 12.7. The summed E-state index contributed by atoms with van der Waals surface area (Å²) >= 11 is 1.47. The molecule has 0 aliphatic rings. The molecule has 9 nitrogen and oxygen atoms in total. The van der Waals surface area contributed by atoms with Gasteiger partial charge in [-0.05, 0) is 31.4 Å². The number of hydrogen-bond donors (Lipinski definition) is 3. The number of carbonyl (C=O) groups excluding carboxylic acids is 4. The molecule has 0 saturated carbocycles. The Balaban J connectivity index is 0.00000722.